The Kier molecular flexibility index (Phi) is 4.80. The van der Waals surface area contributed by atoms with E-state index in [0.717, 1.165) is 47.2 Å². The average molecular weight is 458 g/mol. The van der Waals surface area contributed by atoms with E-state index in [9.17, 15) is 0 Å². The molecule has 0 aliphatic carbocycles. The highest BCUT2D eigenvalue weighted by Crippen LogP contribution is 2.39. The zero-order chi connectivity index (χ0) is 23.4. The first-order valence-electron chi connectivity index (χ1n) is 11.3. The summed E-state index contributed by atoms with van der Waals surface area (Å²) in [7, 11) is 3.70. The van der Waals surface area contributed by atoms with Crippen molar-refractivity contribution in [1.29, 1.82) is 0 Å². The lowest BCUT2D eigenvalue weighted by Gasteiger charge is -2.36. The minimum Gasteiger partial charge on any atom is -0.496 e. The first kappa shape index (κ1) is 20.7. The van der Waals surface area contributed by atoms with Crippen LogP contribution in [-0.4, -0.2) is 61.7 Å². The van der Waals surface area contributed by atoms with Crippen LogP contribution in [0.25, 0.3) is 44.3 Å². The second kappa shape index (κ2) is 7.88. The number of imidazole rings is 1. The lowest BCUT2D eigenvalue weighted by molar-refractivity contribution is 0.134. The van der Waals surface area contributed by atoms with Gasteiger partial charge in [0.05, 0.1) is 37.4 Å². The van der Waals surface area contributed by atoms with Crippen molar-refractivity contribution in [3.05, 3.63) is 54.9 Å². The summed E-state index contributed by atoms with van der Waals surface area (Å²) in [5.41, 5.74) is 5.18. The second-order valence-electron chi connectivity index (χ2n) is 8.73. The van der Waals surface area contributed by atoms with Crippen molar-refractivity contribution in [2.75, 3.05) is 27.2 Å². The number of hydrogen-bond donors (Lipinski definition) is 0. The van der Waals surface area contributed by atoms with Crippen LogP contribution in [0.1, 0.15) is 13.0 Å². The van der Waals surface area contributed by atoms with Crippen molar-refractivity contribution in [1.82, 2.24) is 34.4 Å². The Bertz CT molecular complexity index is 1530. The molecule has 0 bridgehead atoms. The summed E-state index contributed by atoms with van der Waals surface area (Å²) >= 11 is 0. The number of ether oxygens (including phenoxy) is 1. The molecule has 0 N–H and O–H groups in total. The molecule has 0 radical (unpaired) electrons. The van der Waals surface area contributed by atoms with Gasteiger partial charge in [0.25, 0.3) is 0 Å². The van der Waals surface area contributed by atoms with E-state index in [0.29, 0.717) is 28.6 Å². The average Bonchev–Trinajstić information content (AvgIpc) is 3.45. The molecule has 1 aliphatic rings. The van der Waals surface area contributed by atoms with Crippen LogP contribution in [0.2, 0.25) is 0 Å². The molecule has 6 rings (SSSR count). The van der Waals surface area contributed by atoms with E-state index in [1.54, 1.807) is 25.7 Å². The summed E-state index contributed by atoms with van der Waals surface area (Å²) in [6, 6.07) is 9.29. The summed E-state index contributed by atoms with van der Waals surface area (Å²) in [6.07, 6.45) is 5.26. The van der Waals surface area contributed by atoms with Gasteiger partial charge >= 0.3 is 0 Å². The summed E-state index contributed by atoms with van der Waals surface area (Å²) in [5.74, 6) is 0.276. The fraction of sp³-hybridized carbons (Fsp3) is 0.280. The largest absolute Gasteiger partial charge is 0.496 e. The van der Waals surface area contributed by atoms with Gasteiger partial charge in [-0.25, -0.2) is 9.37 Å². The third kappa shape index (κ3) is 3.15. The summed E-state index contributed by atoms with van der Waals surface area (Å²) in [4.78, 5) is 6.78. The zero-order valence-electron chi connectivity index (χ0n) is 19.2. The number of fused-ring (bicyclic) bond motifs is 2. The van der Waals surface area contributed by atoms with E-state index in [4.69, 9.17) is 4.74 Å². The van der Waals surface area contributed by atoms with Gasteiger partial charge in [0.2, 0.25) is 0 Å². The number of methoxy groups -OCH3 is 1. The Morgan fingerprint density at radius 2 is 1.94 bits per heavy atom. The highest BCUT2D eigenvalue weighted by atomic mass is 19.1. The molecule has 1 fully saturated rings. The van der Waals surface area contributed by atoms with Crippen molar-refractivity contribution < 1.29 is 9.13 Å². The first-order chi connectivity index (χ1) is 16.6. The Morgan fingerprint density at radius 1 is 1.09 bits per heavy atom. The molecular formula is C25H24FN7O. The number of hydrogen-bond acceptors (Lipinski definition) is 6. The van der Waals surface area contributed by atoms with Gasteiger partial charge in [0.1, 0.15) is 17.1 Å². The summed E-state index contributed by atoms with van der Waals surface area (Å²) < 4.78 is 24.9. The first-order valence-corrected chi connectivity index (χ1v) is 11.3. The van der Waals surface area contributed by atoms with Crippen LogP contribution in [0, 0.1) is 5.82 Å². The van der Waals surface area contributed by atoms with Gasteiger partial charge in [0, 0.05) is 47.8 Å². The lowest BCUT2D eigenvalue weighted by Crippen LogP contribution is -2.45. The minimum atomic E-state index is -0.327. The molecule has 0 saturated carbocycles. The number of aryl methyl sites for hydroxylation is 1. The van der Waals surface area contributed by atoms with Gasteiger partial charge in [-0.05, 0) is 37.7 Å². The van der Waals surface area contributed by atoms with Crippen LogP contribution >= 0.6 is 0 Å². The molecule has 0 spiro atoms. The third-order valence-corrected chi connectivity index (χ3v) is 6.62. The molecule has 0 unspecified atom stereocenters. The van der Waals surface area contributed by atoms with E-state index in [-0.39, 0.29) is 5.82 Å². The summed E-state index contributed by atoms with van der Waals surface area (Å²) in [6.45, 7) is 4.68. The molecule has 172 valence electrons. The molecule has 9 heteroatoms. The number of likely N-dealkylation sites (N-methyl/N-ethyl adjacent to an activating group) is 1. The maximum absolute atomic E-state index is 15.2. The number of rotatable bonds is 5. The van der Waals surface area contributed by atoms with Crippen LogP contribution in [-0.2, 0) is 6.54 Å². The highest BCUT2D eigenvalue weighted by Gasteiger charge is 2.27. The number of aromatic nitrogens is 6. The predicted molar refractivity (Wildman–Crippen MR) is 128 cm³/mol. The normalized spacial score (nSPS) is 14.7. The number of halogens is 1. The van der Waals surface area contributed by atoms with Crippen LogP contribution < -0.4 is 4.74 Å². The standard InChI is InChI=1S/C25H24FN7O/c1-4-32-14-27-24-20(11-28-30-25(24)32)15-5-6-21(26)18(7-15)19-8-16-10-29-33(17-12-31(2)13-17)22(16)9-23(19)34-3/h5-11,14,17H,4,12-13H2,1-3H3. The molecule has 5 aromatic rings. The van der Waals surface area contributed by atoms with Gasteiger partial charge in [0.15, 0.2) is 5.65 Å². The molecule has 0 amide bonds. The zero-order valence-corrected chi connectivity index (χ0v) is 19.2. The van der Waals surface area contributed by atoms with Gasteiger partial charge in [-0.15, -0.1) is 5.10 Å². The van der Waals surface area contributed by atoms with E-state index < -0.39 is 0 Å². The Morgan fingerprint density at radius 3 is 2.71 bits per heavy atom. The molecule has 0 atom stereocenters. The smallest absolute Gasteiger partial charge is 0.183 e. The van der Waals surface area contributed by atoms with E-state index >= 15 is 4.39 Å². The molecule has 4 heterocycles. The predicted octanol–water partition coefficient (Wildman–Crippen LogP) is 4.16. The van der Waals surface area contributed by atoms with E-state index in [1.165, 1.54) is 6.07 Å². The Labute approximate surface area is 195 Å². The fourth-order valence-electron chi connectivity index (χ4n) is 4.78. The van der Waals surface area contributed by atoms with Gasteiger partial charge in [-0.2, -0.15) is 10.2 Å². The Balaban J connectivity index is 1.49. The van der Waals surface area contributed by atoms with Crippen molar-refractivity contribution >= 4 is 22.1 Å². The third-order valence-electron chi connectivity index (χ3n) is 6.62. The van der Waals surface area contributed by atoms with Crippen LogP contribution in [0.4, 0.5) is 4.39 Å². The summed E-state index contributed by atoms with van der Waals surface area (Å²) in [5, 5.41) is 14.0. The molecule has 1 aliphatic heterocycles. The van der Waals surface area contributed by atoms with Crippen LogP contribution in [0.15, 0.2) is 49.1 Å². The maximum Gasteiger partial charge on any atom is 0.183 e. The van der Waals surface area contributed by atoms with Gasteiger partial charge in [-0.1, -0.05) is 6.07 Å². The van der Waals surface area contributed by atoms with E-state index in [1.807, 2.05) is 40.6 Å². The molecule has 34 heavy (non-hydrogen) atoms. The minimum absolute atomic E-state index is 0.327. The van der Waals surface area contributed by atoms with Crippen LogP contribution in [0.5, 0.6) is 5.75 Å². The van der Waals surface area contributed by atoms with Crippen molar-refractivity contribution in [3.8, 4) is 28.0 Å². The number of benzene rings is 2. The molecule has 3 aromatic heterocycles. The number of likely N-dealkylation sites (tertiary alicyclic amines) is 1. The molecule has 8 nitrogen and oxygen atoms in total. The topological polar surface area (TPSA) is 73.9 Å². The van der Waals surface area contributed by atoms with Crippen molar-refractivity contribution in [3.63, 3.8) is 0 Å². The molecule has 2 aromatic carbocycles. The quantitative estimate of drug-likeness (QED) is 0.395. The molecular weight excluding hydrogens is 433 g/mol. The van der Waals surface area contributed by atoms with Crippen molar-refractivity contribution in [2.45, 2.75) is 19.5 Å². The van der Waals surface area contributed by atoms with Gasteiger partial charge in [-0.3, -0.25) is 4.68 Å². The second-order valence-corrected chi connectivity index (χ2v) is 8.73. The van der Waals surface area contributed by atoms with Crippen molar-refractivity contribution in [2.24, 2.45) is 0 Å². The number of nitrogens with zero attached hydrogens (tertiary/aromatic N) is 7. The monoisotopic (exact) mass is 457 g/mol. The maximum atomic E-state index is 15.2. The lowest BCUT2D eigenvalue weighted by atomic mass is 9.97. The molecule has 1 saturated heterocycles. The van der Waals surface area contributed by atoms with Gasteiger partial charge < -0.3 is 14.2 Å². The fourth-order valence-corrected chi connectivity index (χ4v) is 4.78. The van der Waals surface area contributed by atoms with Crippen LogP contribution in [0.3, 0.4) is 0 Å². The van der Waals surface area contributed by atoms with E-state index in [2.05, 4.69) is 32.2 Å². The SMILES string of the molecule is CCn1cnc2c(-c3ccc(F)c(-c4cc5cnn(C6CN(C)C6)c5cc4OC)c3)cnnc21. The highest BCUT2D eigenvalue weighted by molar-refractivity contribution is 5.92. The Hall–Kier alpha value is -3.85.